The zero-order valence-electron chi connectivity index (χ0n) is 15.4. The van der Waals surface area contributed by atoms with Crippen molar-refractivity contribution in [1.82, 2.24) is 9.80 Å². The number of hydrogen-bond donors (Lipinski definition) is 1. The fourth-order valence-corrected chi connectivity index (χ4v) is 6.18. The Morgan fingerprint density at radius 1 is 1.30 bits per heavy atom. The van der Waals surface area contributed by atoms with Gasteiger partial charge in [-0.2, -0.15) is 0 Å². The molecule has 1 spiro atoms. The summed E-state index contributed by atoms with van der Waals surface area (Å²) in [6.07, 6.45) is 2.51. The number of nitrogens with one attached hydrogen (secondary N) is 1. The summed E-state index contributed by atoms with van der Waals surface area (Å²) >= 11 is 3.51. The minimum Gasteiger partial charge on any atom is -0.324 e. The minimum atomic E-state index is -1.07. The van der Waals surface area contributed by atoms with Crippen LogP contribution < -0.4 is 5.32 Å². The van der Waals surface area contributed by atoms with E-state index in [-0.39, 0.29) is 29.8 Å². The molecule has 1 aromatic carbocycles. The maximum atomic E-state index is 13.5. The molecule has 3 fully saturated rings. The number of fused-ring (bicyclic) bond motifs is 7. The Morgan fingerprint density at radius 2 is 2.07 bits per heavy atom. The van der Waals surface area contributed by atoms with Crippen LogP contribution in [0.25, 0.3) is 0 Å². The van der Waals surface area contributed by atoms with Crippen LogP contribution in [-0.4, -0.2) is 46.1 Å². The lowest BCUT2D eigenvalue weighted by Gasteiger charge is -2.37. The SMILES string of the molecule is CC[C@H](C)N1C(=O)[C@H]2[C@@H](C1=O)[C@@]1(C(=O)Nc3ccc(Br)cc31)N1CCC[C@@H]21. The summed E-state index contributed by atoms with van der Waals surface area (Å²) < 4.78 is 0.867. The Kier molecular flexibility index (Phi) is 3.63. The van der Waals surface area contributed by atoms with Gasteiger partial charge in [0.25, 0.3) is 0 Å². The van der Waals surface area contributed by atoms with E-state index in [1.165, 1.54) is 4.90 Å². The average molecular weight is 432 g/mol. The molecule has 1 N–H and O–H groups in total. The second kappa shape index (κ2) is 5.64. The van der Waals surface area contributed by atoms with Crippen molar-refractivity contribution in [3.8, 4) is 0 Å². The number of halogens is 1. The van der Waals surface area contributed by atoms with Gasteiger partial charge in [-0.1, -0.05) is 22.9 Å². The van der Waals surface area contributed by atoms with Crippen LogP contribution in [-0.2, 0) is 19.9 Å². The van der Waals surface area contributed by atoms with E-state index >= 15 is 0 Å². The van der Waals surface area contributed by atoms with Gasteiger partial charge >= 0.3 is 0 Å². The fourth-order valence-electron chi connectivity index (χ4n) is 5.81. The first-order valence-corrected chi connectivity index (χ1v) is 10.5. The van der Waals surface area contributed by atoms with E-state index in [0.717, 1.165) is 35.1 Å². The molecular formula is C20H22BrN3O3. The van der Waals surface area contributed by atoms with E-state index in [2.05, 4.69) is 26.1 Å². The largest absolute Gasteiger partial charge is 0.324 e. The van der Waals surface area contributed by atoms with Gasteiger partial charge in [-0.3, -0.25) is 24.2 Å². The van der Waals surface area contributed by atoms with Crippen LogP contribution in [0.2, 0.25) is 0 Å². The highest BCUT2D eigenvalue weighted by molar-refractivity contribution is 9.10. The van der Waals surface area contributed by atoms with Crippen molar-refractivity contribution in [2.45, 2.75) is 50.7 Å². The lowest BCUT2D eigenvalue weighted by Crippen LogP contribution is -2.54. The Labute approximate surface area is 166 Å². The second-order valence-corrected chi connectivity index (χ2v) is 9.04. The number of imide groups is 1. The van der Waals surface area contributed by atoms with Gasteiger partial charge in [-0.25, -0.2) is 0 Å². The fraction of sp³-hybridized carbons (Fsp3) is 0.550. The highest BCUT2D eigenvalue weighted by Gasteiger charge is 2.74. The Balaban J connectivity index is 1.74. The predicted octanol–water partition coefficient (Wildman–Crippen LogP) is 2.47. The van der Waals surface area contributed by atoms with Crippen LogP contribution in [0.1, 0.15) is 38.7 Å². The van der Waals surface area contributed by atoms with Crippen LogP contribution in [0.15, 0.2) is 22.7 Å². The molecular weight excluding hydrogens is 410 g/mol. The van der Waals surface area contributed by atoms with Gasteiger partial charge in [-0.15, -0.1) is 0 Å². The highest BCUT2D eigenvalue weighted by Crippen LogP contribution is 2.60. The first-order chi connectivity index (χ1) is 12.9. The van der Waals surface area contributed by atoms with Gasteiger partial charge < -0.3 is 5.32 Å². The lowest BCUT2D eigenvalue weighted by molar-refractivity contribution is -0.147. The summed E-state index contributed by atoms with van der Waals surface area (Å²) in [5.41, 5.74) is 0.505. The van der Waals surface area contributed by atoms with Crippen LogP contribution in [0.5, 0.6) is 0 Å². The molecule has 142 valence electrons. The van der Waals surface area contributed by atoms with Crippen molar-refractivity contribution < 1.29 is 14.4 Å². The van der Waals surface area contributed by atoms with Gasteiger partial charge in [-0.05, 0) is 50.9 Å². The van der Waals surface area contributed by atoms with Crippen molar-refractivity contribution in [3.05, 3.63) is 28.2 Å². The Bertz CT molecular complexity index is 887. The van der Waals surface area contributed by atoms with E-state index in [1.807, 2.05) is 32.0 Å². The van der Waals surface area contributed by atoms with Gasteiger partial charge in [0.2, 0.25) is 17.7 Å². The van der Waals surface area contributed by atoms with Crippen molar-refractivity contribution in [2.24, 2.45) is 11.8 Å². The zero-order valence-corrected chi connectivity index (χ0v) is 17.0. The van der Waals surface area contributed by atoms with Crippen LogP contribution >= 0.6 is 15.9 Å². The van der Waals surface area contributed by atoms with E-state index in [1.54, 1.807) is 0 Å². The Hall–Kier alpha value is -1.73. The molecule has 1 aromatic rings. The third-order valence-electron chi connectivity index (χ3n) is 7.02. The highest BCUT2D eigenvalue weighted by atomic mass is 79.9. The monoisotopic (exact) mass is 431 g/mol. The molecule has 5 rings (SSSR count). The smallest absolute Gasteiger partial charge is 0.250 e. The number of nitrogens with zero attached hydrogens (tertiary/aromatic N) is 2. The van der Waals surface area contributed by atoms with Gasteiger partial charge in [0, 0.05) is 27.8 Å². The number of likely N-dealkylation sites (tertiary alicyclic amines) is 1. The van der Waals surface area contributed by atoms with E-state index < -0.39 is 17.4 Å². The quantitative estimate of drug-likeness (QED) is 0.730. The molecule has 7 heteroatoms. The topological polar surface area (TPSA) is 69.7 Å². The average Bonchev–Trinajstić information content (AvgIpc) is 3.33. The van der Waals surface area contributed by atoms with Crippen molar-refractivity contribution in [2.75, 3.05) is 11.9 Å². The molecule has 5 atom stereocenters. The number of amides is 3. The molecule has 0 unspecified atom stereocenters. The number of rotatable bonds is 2. The van der Waals surface area contributed by atoms with E-state index in [4.69, 9.17) is 0 Å². The number of carbonyl (C=O) groups excluding carboxylic acids is 3. The molecule has 4 heterocycles. The third-order valence-corrected chi connectivity index (χ3v) is 7.51. The maximum Gasteiger partial charge on any atom is 0.250 e. The molecule has 4 aliphatic heterocycles. The van der Waals surface area contributed by atoms with Crippen LogP contribution in [0.3, 0.4) is 0 Å². The minimum absolute atomic E-state index is 0.0452. The van der Waals surface area contributed by atoms with Crippen LogP contribution in [0, 0.1) is 11.8 Å². The van der Waals surface area contributed by atoms with Crippen LogP contribution in [0.4, 0.5) is 5.69 Å². The third kappa shape index (κ3) is 1.92. The number of hydrogen-bond acceptors (Lipinski definition) is 4. The molecule has 0 aromatic heterocycles. The summed E-state index contributed by atoms with van der Waals surface area (Å²) in [4.78, 5) is 43.8. The molecule has 4 aliphatic rings. The normalized spacial score (nSPS) is 35.6. The molecule has 6 nitrogen and oxygen atoms in total. The van der Waals surface area contributed by atoms with Crippen molar-refractivity contribution >= 4 is 39.3 Å². The van der Waals surface area contributed by atoms with Gasteiger partial charge in [0.05, 0.1) is 11.8 Å². The number of anilines is 1. The zero-order chi connectivity index (χ0) is 19.1. The summed E-state index contributed by atoms with van der Waals surface area (Å²) in [5.74, 6) is -1.51. The van der Waals surface area contributed by atoms with Gasteiger partial charge in [0.15, 0.2) is 0 Å². The first-order valence-electron chi connectivity index (χ1n) is 9.68. The second-order valence-electron chi connectivity index (χ2n) is 8.12. The van der Waals surface area contributed by atoms with E-state index in [0.29, 0.717) is 6.42 Å². The summed E-state index contributed by atoms with van der Waals surface area (Å²) in [6, 6.07) is 5.51. The van der Waals surface area contributed by atoms with E-state index in [9.17, 15) is 14.4 Å². The molecule has 27 heavy (non-hydrogen) atoms. The molecule has 0 bridgehead atoms. The number of carbonyl (C=O) groups is 3. The summed E-state index contributed by atoms with van der Waals surface area (Å²) in [7, 11) is 0. The summed E-state index contributed by atoms with van der Waals surface area (Å²) in [5, 5.41) is 2.99. The Morgan fingerprint density at radius 3 is 2.81 bits per heavy atom. The molecule has 0 aliphatic carbocycles. The first kappa shape index (κ1) is 17.4. The van der Waals surface area contributed by atoms with Crippen molar-refractivity contribution in [1.29, 1.82) is 0 Å². The molecule has 3 amide bonds. The van der Waals surface area contributed by atoms with Gasteiger partial charge in [0.1, 0.15) is 5.54 Å². The lowest BCUT2D eigenvalue weighted by atomic mass is 9.75. The molecule has 0 radical (unpaired) electrons. The standard InChI is InChI=1S/C20H22BrN3O3/c1-3-10(2)24-17(25)15-14-5-4-8-23(14)20(16(15)18(24)26)12-9-11(21)6-7-13(12)22-19(20)27/h6-7,9-10,14-16H,3-5,8H2,1-2H3,(H,22,27)/t10-,14-,15+,16-,20-/m0/s1. The molecule has 0 saturated carbocycles. The molecule has 3 saturated heterocycles. The number of benzene rings is 1. The van der Waals surface area contributed by atoms with Crippen molar-refractivity contribution in [3.63, 3.8) is 0 Å². The maximum absolute atomic E-state index is 13.5. The predicted molar refractivity (Wildman–Crippen MR) is 103 cm³/mol. The summed E-state index contributed by atoms with van der Waals surface area (Å²) in [6.45, 7) is 4.63.